The Labute approximate surface area is 160 Å². The first-order chi connectivity index (χ1) is 12.8. The van der Waals surface area contributed by atoms with Crippen LogP contribution in [0.4, 0.5) is 11.4 Å². The van der Waals surface area contributed by atoms with Crippen LogP contribution >= 0.6 is 0 Å². The van der Waals surface area contributed by atoms with Gasteiger partial charge in [0.05, 0.1) is 25.7 Å². The van der Waals surface area contributed by atoms with Crippen LogP contribution in [0.3, 0.4) is 0 Å². The fourth-order valence-corrected chi connectivity index (χ4v) is 3.46. The molecule has 0 aliphatic rings. The minimum absolute atomic E-state index is 0.00166. The van der Waals surface area contributed by atoms with Gasteiger partial charge in [0.25, 0.3) is 0 Å². The maximum Gasteiger partial charge on any atom is 0.232 e. The van der Waals surface area contributed by atoms with Gasteiger partial charge in [-0.3, -0.25) is 9.10 Å². The molecule has 27 heavy (non-hydrogen) atoms. The number of amides is 1. The van der Waals surface area contributed by atoms with Gasteiger partial charge in [0.2, 0.25) is 15.9 Å². The van der Waals surface area contributed by atoms with E-state index in [1.54, 1.807) is 48.5 Å². The molecule has 0 aromatic heterocycles. The fraction of sp³-hybridized carbons (Fsp3) is 0.316. The summed E-state index contributed by atoms with van der Waals surface area (Å²) in [5.74, 6) is 0.854. The lowest BCUT2D eigenvalue weighted by molar-refractivity contribution is -0.116. The summed E-state index contributed by atoms with van der Waals surface area (Å²) in [5, 5.41) is 2.75. The van der Waals surface area contributed by atoms with E-state index >= 15 is 0 Å². The minimum atomic E-state index is -3.57. The number of carbonyl (C=O) groups is 1. The molecule has 0 fully saturated rings. The van der Waals surface area contributed by atoms with Gasteiger partial charge in [-0.05, 0) is 43.3 Å². The van der Waals surface area contributed by atoms with Gasteiger partial charge in [-0.2, -0.15) is 0 Å². The highest BCUT2D eigenvalue weighted by atomic mass is 32.2. The Balaban J connectivity index is 2.05. The summed E-state index contributed by atoms with van der Waals surface area (Å²) < 4.78 is 36.2. The van der Waals surface area contributed by atoms with E-state index in [2.05, 4.69) is 5.32 Å². The lowest BCUT2D eigenvalue weighted by Crippen LogP contribution is -2.33. The molecule has 0 aliphatic carbocycles. The molecular formula is C19H24N2O5S. The monoisotopic (exact) mass is 392 g/mol. The predicted octanol–water partition coefficient (Wildman–Crippen LogP) is 2.89. The Kier molecular flexibility index (Phi) is 7.06. The van der Waals surface area contributed by atoms with Crippen LogP contribution in [0.25, 0.3) is 0 Å². The van der Waals surface area contributed by atoms with Crippen LogP contribution in [-0.2, 0) is 14.8 Å². The molecule has 1 amide bonds. The third-order valence-electron chi connectivity index (χ3n) is 3.75. The summed E-state index contributed by atoms with van der Waals surface area (Å²) >= 11 is 0. The first-order valence-electron chi connectivity index (χ1n) is 8.48. The van der Waals surface area contributed by atoms with Crippen molar-refractivity contribution >= 4 is 27.3 Å². The summed E-state index contributed by atoms with van der Waals surface area (Å²) in [6, 6.07) is 13.8. The number of methoxy groups -OCH3 is 1. The van der Waals surface area contributed by atoms with Crippen LogP contribution in [-0.4, -0.2) is 40.8 Å². The summed E-state index contributed by atoms with van der Waals surface area (Å²) in [6.45, 7) is 2.46. The van der Waals surface area contributed by atoms with Crippen molar-refractivity contribution in [3.8, 4) is 11.5 Å². The molecule has 146 valence electrons. The average Bonchev–Trinajstić information content (AvgIpc) is 2.63. The van der Waals surface area contributed by atoms with Crippen molar-refractivity contribution < 1.29 is 22.7 Å². The molecule has 2 aromatic rings. The Morgan fingerprint density at radius 3 is 2.37 bits per heavy atom. The third kappa shape index (κ3) is 5.89. The van der Waals surface area contributed by atoms with Gasteiger partial charge in [0.1, 0.15) is 11.5 Å². The van der Waals surface area contributed by atoms with Gasteiger partial charge in [-0.15, -0.1) is 0 Å². The maximum absolute atomic E-state index is 12.2. The van der Waals surface area contributed by atoms with Crippen LogP contribution in [0.2, 0.25) is 0 Å². The maximum atomic E-state index is 12.2. The van der Waals surface area contributed by atoms with E-state index in [1.165, 1.54) is 11.4 Å². The number of hydrogen-bond acceptors (Lipinski definition) is 5. The van der Waals surface area contributed by atoms with Crippen LogP contribution in [0, 0.1) is 0 Å². The number of sulfonamides is 1. The van der Waals surface area contributed by atoms with Gasteiger partial charge in [-0.1, -0.05) is 12.1 Å². The second-order valence-corrected chi connectivity index (χ2v) is 7.67. The van der Waals surface area contributed by atoms with Crippen LogP contribution in [0.1, 0.15) is 13.3 Å². The molecule has 0 heterocycles. The molecule has 2 aromatic carbocycles. The second kappa shape index (κ2) is 9.27. The molecule has 8 heteroatoms. The molecule has 0 unspecified atom stereocenters. The minimum Gasteiger partial charge on any atom is -0.495 e. The number of rotatable bonds is 9. The van der Waals surface area contributed by atoms with E-state index in [0.717, 1.165) is 12.0 Å². The number of benzene rings is 2. The number of carbonyl (C=O) groups excluding carboxylic acids is 1. The third-order valence-corrected chi connectivity index (χ3v) is 4.93. The largest absolute Gasteiger partial charge is 0.495 e. The van der Waals surface area contributed by atoms with Crippen LogP contribution in [0.15, 0.2) is 48.5 Å². The highest BCUT2D eigenvalue weighted by Crippen LogP contribution is 2.29. The first kappa shape index (κ1) is 20.6. The van der Waals surface area contributed by atoms with Gasteiger partial charge < -0.3 is 14.8 Å². The number of hydrogen-bond donors (Lipinski definition) is 1. The van der Waals surface area contributed by atoms with Crippen LogP contribution in [0.5, 0.6) is 11.5 Å². The molecule has 0 bridgehead atoms. The van der Waals surface area contributed by atoms with Gasteiger partial charge in [0.15, 0.2) is 0 Å². The van der Waals surface area contributed by atoms with E-state index < -0.39 is 10.0 Å². The Morgan fingerprint density at radius 2 is 1.78 bits per heavy atom. The molecule has 7 nitrogen and oxygen atoms in total. The average molecular weight is 392 g/mol. The van der Waals surface area contributed by atoms with E-state index in [1.807, 2.05) is 6.92 Å². The Bertz CT molecular complexity index is 866. The molecule has 0 atom stereocenters. The zero-order valence-corrected chi connectivity index (χ0v) is 16.5. The van der Waals surface area contributed by atoms with Crippen molar-refractivity contribution in [1.82, 2.24) is 0 Å². The molecule has 0 aliphatic heterocycles. The lowest BCUT2D eigenvalue weighted by Gasteiger charge is -2.24. The summed E-state index contributed by atoms with van der Waals surface area (Å²) in [7, 11) is -2.10. The first-order valence-corrected chi connectivity index (χ1v) is 10.3. The number of anilines is 2. The highest BCUT2D eigenvalue weighted by molar-refractivity contribution is 7.92. The summed E-state index contributed by atoms with van der Waals surface area (Å²) in [4.78, 5) is 12.2. The second-order valence-electron chi connectivity index (χ2n) is 5.76. The van der Waals surface area contributed by atoms with E-state index in [4.69, 9.17) is 9.47 Å². The van der Waals surface area contributed by atoms with E-state index in [0.29, 0.717) is 23.7 Å². The molecular weight excluding hydrogens is 368 g/mol. The van der Waals surface area contributed by atoms with Gasteiger partial charge in [-0.25, -0.2) is 8.42 Å². The van der Waals surface area contributed by atoms with Gasteiger partial charge >= 0.3 is 0 Å². The van der Waals surface area contributed by atoms with Crippen molar-refractivity contribution in [2.24, 2.45) is 0 Å². The number of para-hydroxylation sites is 2. The van der Waals surface area contributed by atoms with Crippen LogP contribution < -0.4 is 19.1 Å². The summed E-state index contributed by atoms with van der Waals surface area (Å²) in [5.41, 5.74) is 1.02. The van der Waals surface area contributed by atoms with E-state index in [9.17, 15) is 13.2 Å². The van der Waals surface area contributed by atoms with Crippen molar-refractivity contribution in [2.75, 3.05) is 36.1 Å². The zero-order chi connectivity index (χ0) is 19.9. The molecule has 0 saturated heterocycles. The smallest absolute Gasteiger partial charge is 0.232 e. The quantitative estimate of drug-likeness (QED) is 0.709. The molecule has 1 N–H and O–H groups in total. The molecule has 2 rings (SSSR count). The Morgan fingerprint density at radius 1 is 1.11 bits per heavy atom. The molecule has 0 radical (unpaired) electrons. The fourth-order valence-electron chi connectivity index (χ4n) is 2.53. The summed E-state index contributed by atoms with van der Waals surface area (Å²) in [6.07, 6.45) is 1.10. The van der Waals surface area contributed by atoms with Crippen molar-refractivity contribution in [3.63, 3.8) is 0 Å². The van der Waals surface area contributed by atoms with Crippen molar-refractivity contribution in [1.29, 1.82) is 0 Å². The predicted molar refractivity (Wildman–Crippen MR) is 106 cm³/mol. The topological polar surface area (TPSA) is 84.9 Å². The highest BCUT2D eigenvalue weighted by Gasteiger charge is 2.21. The zero-order valence-electron chi connectivity index (χ0n) is 15.6. The SMILES string of the molecule is CCOc1ccc(NC(=O)CCN(c2ccccc2OC)S(C)(=O)=O)cc1. The standard InChI is InChI=1S/C19H24N2O5S/c1-4-26-16-11-9-15(10-12-16)20-19(22)13-14-21(27(3,23)24)17-7-5-6-8-18(17)25-2/h5-12H,4,13-14H2,1-3H3,(H,20,22). The lowest BCUT2D eigenvalue weighted by atomic mass is 10.2. The van der Waals surface area contributed by atoms with Gasteiger partial charge in [0, 0.05) is 18.7 Å². The van der Waals surface area contributed by atoms with Crippen molar-refractivity contribution in [3.05, 3.63) is 48.5 Å². The number of nitrogens with one attached hydrogen (secondary N) is 1. The Hall–Kier alpha value is -2.74. The van der Waals surface area contributed by atoms with E-state index in [-0.39, 0.29) is 18.9 Å². The molecule has 0 saturated carbocycles. The number of nitrogens with zero attached hydrogens (tertiary/aromatic N) is 1. The normalized spacial score (nSPS) is 10.9. The van der Waals surface area contributed by atoms with Crippen molar-refractivity contribution in [2.45, 2.75) is 13.3 Å². The number of ether oxygens (including phenoxy) is 2. The molecule has 0 spiro atoms.